The molecule has 5 heteroatoms. The van der Waals surface area contributed by atoms with Gasteiger partial charge in [-0.3, -0.25) is 0 Å². The number of aliphatic imine (C=N–C) groups is 4. The van der Waals surface area contributed by atoms with E-state index in [1.54, 1.807) is 0 Å². The van der Waals surface area contributed by atoms with Gasteiger partial charge in [-0.05, 0) is 12.8 Å². The molecule has 0 radical (unpaired) electrons. The molecule has 1 unspecified atom stereocenters. The van der Waals surface area contributed by atoms with E-state index in [9.17, 15) is 0 Å². The smallest absolute Gasteiger partial charge is 0.180 e. The standard InChI is InChI=1S/C11H15N5/c12-11(8-4-2-1-3-5-8)9-10(14-6-13-9)15-7-16-11/h6-8H,1-5,12H2. The molecule has 0 aromatic rings. The van der Waals surface area contributed by atoms with Crippen molar-refractivity contribution in [2.24, 2.45) is 31.6 Å². The maximum absolute atomic E-state index is 6.43. The molecule has 16 heavy (non-hydrogen) atoms. The van der Waals surface area contributed by atoms with Crippen molar-refractivity contribution in [3.05, 3.63) is 0 Å². The van der Waals surface area contributed by atoms with Gasteiger partial charge in [0.05, 0.1) is 0 Å². The number of hydrogen-bond donors (Lipinski definition) is 1. The first kappa shape index (κ1) is 9.84. The molecule has 2 heterocycles. The van der Waals surface area contributed by atoms with Crippen molar-refractivity contribution in [3.63, 3.8) is 0 Å². The van der Waals surface area contributed by atoms with Gasteiger partial charge in [-0.15, -0.1) is 0 Å². The van der Waals surface area contributed by atoms with E-state index in [1.807, 2.05) is 0 Å². The zero-order valence-corrected chi connectivity index (χ0v) is 9.13. The molecule has 0 saturated heterocycles. The molecular formula is C11H15N5. The van der Waals surface area contributed by atoms with Crippen LogP contribution >= 0.6 is 0 Å². The molecule has 3 rings (SSSR count). The predicted molar refractivity (Wildman–Crippen MR) is 65.3 cm³/mol. The van der Waals surface area contributed by atoms with Crippen LogP contribution in [0.3, 0.4) is 0 Å². The third-order valence-corrected chi connectivity index (χ3v) is 3.64. The van der Waals surface area contributed by atoms with Crippen molar-refractivity contribution in [1.29, 1.82) is 0 Å². The van der Waals surface area contributed by atoms with E-state index in [2.05, 4.69) is 20.0 Å². The number of fused-ring (bicyclic) bond motifs is 1. The van der Waals surface area contributed by atoms with Crippen molar-refractivity contribution < 1.29 is 0 Å². The summed E-state index contributed by atoms with van der Waals surface area (Å²) in [6.45, 7) is 0. The molecular weight excluding hydrogens is 202 g/mol. The number of nitrogens with two attached hydrogens (primary N) is 1. The summed E-state index contributed by atoms with van der Waals surface area (Å²) in [4.78, 5) is 16.8. The maximum Gasteiger partial charge on any atom is 0.180 e. The highest BCUT2D eigenvalue weighted by molar-refractivity contribution is 6.50. The van der Waals surface area contributed by atoms with Crippen LogP contribution in [-0.4, -0.2) is 29.9 Å². The normalized spacial score (nSPS) is 33.6. The van der Waals surface area contributed by atoms with Gasteiger partial charge < -0.3 is 5.73 Å². The Bertz CT molecular complexity index is 414. The van der Waals surface area contributed by atoms with Crippen molar-refractivity contribution in [2.45, 2.75) is 37.8 Å². The Morgan fingerprint density at radius 2 is 1.94 bits per heavy atom. The highest BCUT2D eigenvalue weighted by Crippen LogP contribution is 2.34. The molecule has 3 aliphatic rings. The van der Waals surface area contributed by atoms with E-state index < -0.39 is 5.66 Å². The summed E-state index contributed by atoms with van der Waals surface area (Å²) < 4.78 is 0. The molecule has 1 saturated carbocycles. The molecule has 2 aliphatic heterocycles. The minimum absolute atomic E-state index is 0.378. The van der Waals surface area contributed by atoms with Gasteiger partial charge in [-0.2, -0.15) is 0 Å². The second-order valence-electron chi connectivity index (χ2n) is 4.58. The van der Waals surface area contributed by atoms with Crippen LogP contribution in [0.25, 0.3) is 0 Å². The lowest BCUT2D eigenvalue weighted by atomic mass is 9.77. The van der Waals surface area contributed by atoms with Gasteiger partial charge in [0.25, 0.3) is 0 Å². The molecule has 0 aromatic carbocycles. The summed E-state index contributed by atoms with van der Waals surface area (Å²) in [6, 6.07) is 0. The summed E-state index contributed by atoms with van der Waals surface area (Å²) in [6.07, 6.45) is 9.08. The Morgan fingerprint density at radius 3 is 2.75 bits per heavy atom. The lowest BCUT2D eigenvalue weighted by molar-refractivity contribution is 0.272. The van der Waals surface area contributed by atoms with Crippen LogP contribution in [0.4, 0.5) is 0 Å². The quantitative estimate of drug-likeness (QED) is 0.702. The monoisotopic (exact) mass is 217 g/mol. The SMILES string of the molecule is NC1(C2CCCCC2)N=CN=C2N=CN=C21. The van der Waals surface area contributed by atoms with E-state index in [-0.39, 0.29) is 0 Å². The highest BCUT2D eigenvalue weighted by Gasteiger charge is 2.44. The molecule has 0 amide bonds. The van der Waals surface area contributed by atoms with E-state index in [0.29, 0.717) is 11.8 Å². The maximum atomic E-state index is 6.43. The summed E-state index contributed by atoms with van der Waals surface area (Å²) >= 11 is 0. The summed E-state index contributed by atoms with van der Waals surface area (Å²) in [5.74, 6) is 1.02. The van der Waals surface area contributed by atoms with Gasteiger partial charge in [0.15, 0.2) is 11.5 Å². The first-order chi connectivity index (χ1) is 7.81. The summed E-state index contributed by atoms with van der Waals surface area (Å²) in [5.41, 5.74) is 6.49. The van der Waals surface area contributed by atoms with Gasteiger partial charge in [0.2, 0.25) is 0 Å². The third kappa shape index (κ3) is 1.35. The van der Waals surface area contributed by atoms with E-state index in [1.165, 1.54) is 31.9 Å². The van der Waals surface area contributed by atoms with Crippen molar-refractivity contribution in [3.8, 4) is 0 Å². The molecule has 2 N–H and O–H groups in total. The van der Waals surface area contributed by atoms with Crippen LogP contribution in [0.15, 0.2) is 20.0 Å². The van der Waals surface area contributed by atoms with E-state index >= 15 is 0 Å². The Kier molecular flexibility index (Phi) is 2.21. The van der Waals surface area contributed by atoms with E-state index in [0.717, 1.165) is 18.6 Å². The van der Waals surface area contributed by atoms with Crippen molar-refractivity contribution in [2.75, 3.05) is 0 Å². The predicted octanol–water partition coefficient (Wildman–Crippen LogP) is 1.14. The largest absolute Gasteiger partial charge is 0.302 e. The number of hydrogen-bond acceptors (Lipinski definition) is 5. The van der Waals surface area contributed by atoms with Crippen molar-refractivity contribution in [1.82, 2.24) is 0 Å². The Labute approximate surface area is 94.3 Å². The summed E-state index contributed by atoms with van der Waals surface area (Å²) in [7, 11) is 0. The lowest BCUT2D eigenvalue weighted by Gasteiger charge is -2.37. The molecule has 0 spiro atoms. The Hall–Kier alpha value is -1.36. The van der Waals surface area contributed by atoms with Gasteiger partial charge in [-0.1, -0.05) is 19.3 Å². The second kappa shape index (κ2) is 3.59. The first-order valence-electron chi connectivity index (χ1n) is 5.82. The van der Waals surface area contributed by atoms with Crippen LogP contribution in [0.5, 0.6) is 0 Å². The van der Waals surface area contributed by atoms with E-state index in [4.69, 9.17) is 5.73 Å². The molecule has 0 bridgehead atoms. The average molecular weight is 217 g/mol. The topological polar surface area (TPSA) is 75.5 Å². The second-order valence-corrected chi connectivity index (χ2v) is 4.58. The van der Waals surface area contributed by atoms with Crippen LogP contribution in [-0.2, 0) is 0 Å². The minimum atomic E-state index is -0.687. The zero-order valence-electron chi connectivity index (χ0n) is 9.13. The molecule has 1 fully saturated rings. The van der Waals surface area contributed by atoms with Gasteiger partial charge in [0, 0.05) is 5.92 Å². The molecule has 1 atom stereocenters. The number of nitrogens with zero attached hydrogens (tertiary/aromatic N) is 4. The molecule has 5 nitrogen and oxygen atoms in total. The fraction of sp³-hybridized carbons (Fsp3) is 0.636. The lowest BCUT2D eigenvalue weighted by Crippen LogP contribution is -2.56. The third-order valence-electron chi connectivity index (χ3n) is 3.64. The Balaban J connectivity index is 1.93. The van der Waals surface area contributed by atoms with Crippen LogP contribution in [0, 0.1) is 5.92 Å². The van der Waals surface area contributed by atoms with Crippen LogP contribution in [0.2, 0.25) is 0 Å². The van der Waals surface area contributed by atoms with Gasteiger partial charge in [-0.25, -0.2) is 20.0 Å². The van der Waals surface area contributed by atoms with Crippen LogP contribution < -0.4 is 5.73 Å². The molecule has 84 valence electrons. The highest BCUT2D eigenvalue weighted by atomic mass is 15.2. The number of amidine groups is 1. The average Bonchev–Trinajstić information content (AvgIpc) is 2.80. The molecule has 0 aromatic heterocycles. The van der Waals surface area contributed by atoms with Crippen LogP contribution in [0.1, 0.15) is 32.1 Å². The zero-order chi connectivity index (χ0) is 11.0. The first-order valence-corrected chi connectivity index (χ1v) is 5.82. The fourth-order valence-electron chi connectivity index (χ4n) is 2.72. The molecule has 1 aliphatic carbocycles. The van der Waals surface area contributed by atoms with Gasteiger partial charge in [0.1, 0.15) is 18.4 Å². The van der Waals surface area contributed by atoms with Crippen molar-refractivity contribution >= 4 is 24.2 Å². The minimum Gasteiger partial charge on any atom is -0.302 e. The Morgan fingerprint density at radius 1 is 1.12 bits per heavy atom. The number of rotatable bonds is 1. The fourth-order valence-corrected chi connectivity index (χ4v) is 2.72. The summed E-state index contributed by atoms with van der Waals surface area (Å²) in [5, 5.41) is 0. The van der Waals surface area contributed by atoms with Gasteiger partial charge >= 0.3 is 0 Å².